The highest BCUT2D eigenvalue weighted by molar-refractivity contribution is 7.07. The van der Waals surface area contributed by atoms with Gasteiger partial charge in [-0.25, -0.2) is 4.98 Å². The molecular formula is C18H25N5O2S. The number of fused-ring (bicyclic) bond motifs is 1. The van der Waals surface area contributed by atoms with E-state index in [2.05, 4.69) is 20.3 Å². The minimum absolute atomic E-state index is 0.152. The SMILES string of the molecule is Cn1nc(C(=O)N[C@@H]2CCN(Cc3cscn3)C[C@H]2O)c2c1CCCC2. The number of rotatable bonds is 4. The fraction of sp³-hybridized carbons (Fsp3) is 0.611. The van der Waals surface area contributed by atoms with Crippen molar-refractivity contribution in [2.75, 3.05) is 13.1 Å². The Labute approximate surface area is 157 Å². The zero-order valence-electron chi connectivity index (χ0n) is 15.0. The van der Waals surface area contributed by atoms with Gasteiger partial charge >= 0.3 is 0 Å². The van der Waals surface area contributed by atoms with Crippen LogP contribution in [0, 0.1) is 0 Å². The summed E-state index contributed by atoms with van der Waals surface area (Å²) in [4.78, 5) is 19.2. The maximum Gasteiger partial charge on any atom is 0.272 e. The zero-order chi connectivity index (χ0) is 18.1. The lowest BCUT2D eigenvalue weighted by molar-refractivity contribution is 0.0344. The third kappa shape index (κ3) is 3.54. The second kappa shape index (κ2) is 7.46. The Morgan fingerprint density at radius 2 is 2.27 bits per heavy atom. The fourth-order valence-corrected chi connectivity index (χ4v) is 4.59. The van der Waals surface area contributed by atoms with Gasteiger partial charge in [-0.05, 0) is 32.1 Å². The molecular weight excluding hydrogens is 350 g/mol. The molecule has 8 heteroatoms. The Balaban J connectivity index is 1.38. The maximum atomic E-state index is 12.8. The first kappa shape index (κ1) is 17.6. The number of thiazole rings is 1. The summed E-state index contributed by atoms with van der Waals surface area (Å²) in [5.41, 5.74) is 5.67. The van der Waals surface area contributed by atoms with E-state index < -0.39 is 6.10 Å². The van der Waals surface area contributed by atoms with Crippen molar-refractivity contribution in [3.05, 3.63) is 33.5 Å². The van der Waals surface area contributed by atoms with Crippen LogP contribution >= 0.6 is 11.3 Å². The summed E-state index contributed by atoms with van der Waals surface area (Å²) >= 11 is 1.58. The zero-order valence-corrected chi connectivity index (χ0v) is 15.8. The lowest BCUT2D eigenvalue weighted by Crippen LogP contribution is -2.53. The van der Waals surface area contributed by atoms with Gasteiger partial charge < -0.3 is 10.4 Å². The quantitative estimate of drug-likeness (QED) is 0.837. The van der Waals surface area contributed by atoms with Crippen LogP contribution in [0.4, 0.5) is 0 Å². The maximum absolute atomic E-state index is 12.8. The summed E-state index contributed by atoms with van der Waals surface area (Å²) in [6, 6.07) is -0.226. The number of piperidine rings is 1. The van der Waals surface area contributed by atoms with Gasteiger partial charge in [-0.1, -0.05) is 0 Å². The standard InChI is InChI=1S/C18H25N5O2S/c1-22-15-5-3-2-4-13(15)17(21-22)18(25)20-14-6-7-23(9-16(14)24)8-12-10-26-11-19-12/h10-11,14,16,24H,2-9H2,1H3,(H,20,25)/t14-,16-/m1/s1. The number of nitrogens with zero attached hydrogens (tertiary/aromatic N) is 4. The second-order valence-electron chi connectivity index (χ2n) is 7.26. The van der Waals surface area contributed by atoms with Crippen molar-refractivity contribution < 1.29 is 9.90 Å². The molecule has 1 saturated heterocycles. The number of carbonyl (C=O) groups excluding carboxylic acids is 1. The van der Waals surface area contributed by atoms with Gasteiger partial charge in [0.2, 0.25) is 0 Å². The molecule has 7 nitrogen and oxygen atoms in total. The Hall–Kier alpha value is -1.77. The average Bonchev–Trinajstić information content (AvgIpc) is 3.26. The van der Waals surface area contributed by atoms with Gasteiger partial charge in [0.25, 0.3) is 5.91 Å². The van der Waals surface area contributed by atoms with E-state index in [-0.39, 0.29) is 11.9 Å². The molecule has 2 aromatic rings. The normalized spacial score (nSPS) is 23.6. The van der Waals surface area contributed by atoms with E-state index in [0.717, 1.165) is 56.5 Å². The van der Waals surface area contributed by atoms with Gasteiger partial charge in [0.15, 0.2) is 5.69 Å². The summed E-state index contributed by atoms with van der Waals surface area (Å²) in [6.45, 7) is 2.12. The number of carbonyl (C=O) groups is 1. The predicted molar refractivity (Wildman–Crippen MR) is 99.1 cm³/mol. The first-order chi connectivity index (χ1) is 12.6. The molecule has 1 aliphatic carbocycles. The number of nitrogens with one attached hydrogen (secondary N) is 1. The van der Waals surface area contributed by atoms with Gasteiger partial charge in [0, 0.05) is 43.3 Å². The molecule has 2 aliphatic rings. The van der Waals surface area contributed by atoms with Crippen molar-refractivity contribution in [1.29, 1.82) is 0 Å². The van der Waals surface area contributed by atoms with Crippen LogP contribution in [0.15, 0.2) is 10.9 Å². The minimum atomic E-state index is -0.578. The molecule has 140 valence electrons. The Bertz CT molecular complexity index is 773. The molecule has 3 heterocycles. The summed E-state index contributed by atoms with van der Waals surface area (Å²) in [7, 11) is 1.91. The number of aliphatic hydroxyl groups excluding tert-OH is 1. The summed E-state index contributed by atoms with van der Waals surface area (Å²) < 4.78 is 1.84. The molecule has 0 bridgehead atoms. The number of aliphatic hydroxyl groups is 1. The van der Waals surface area contributed by atoms with Crippen LogP contribution < -0.4 is 5.32 Å². The molecule has 0 spiro atoms. The molecule has 0 aromatic carbocycles. The molecule has 26 heavy (non-hydrogen) atoms. The number of amides is 1. The highest BCUT2D eigenvalue weighted by Crippen LogP contribution is 2.24. The van der Waals surface area contributed by atoms with E-state index in [4.69, 9.17) is 0 Å². The number of aromatic nitrogens is 3. The molecule has 0 unspecified atom stereocenters. The van der Waals surface area contributed by atoms with Crippen molar-refractivity contribution >= 4 is 17.2 Å². The number of likely N-dealkylation sites (tertiary alicyclic amines) is 1. The minimum Gasteiger partial charge on any atom is -0.390 e. The van der Waals surface area contributed by atoms with E-state index in [1.165, 1.54) is 5.69 Å². The van der Waals surface area contributed by atoms with Crippen molar-refractivity contribution in [3.8, 4) is 0 Å². The van der Waals surface area contributed by atoms with Gasteiger partial charge in [-0.3, -0.25) is 14.4 Å². The molecule has 0 saturated carbocycles. The summed E-state index contributed by atoms with van der Waals surface area (Å²) in [6.07, 6.45) is 4.32. The first-order valence-corrected chi connectivity index (χ1v) is 10.2. The second-order valence-corrected chi connectivity index (χ2v) is 7.97. The number of aryl methyl sites for hydroxylation is 1. The monoisotopic (exact) mass is 375 g/mol. The third-order valence-electron chi connectivity index (χ3n) is 5.43. The fourth-order valence-electron chi connectivity index (χ4n) is 4.05. The highest BCUT2D eigenvalue weighted by Gasteiger charge is 2.31. The largest absolute Gasteiger partial charge is 0.390 e. The van der Waals surface area contributed by atoms with Crippen molar-refractivity contribution in [2.24, 2.45) is 7.05 Å². The van der Waals surface area contributed by atoms with Crippen LogP contribution in [0.1, 0.15) is 46.7 Å². The van der Waals surface area contributed by atoms with Gasteiger partial charge in [-0.2, -0.15) is 5.10 Å². The molecule has 4 rings (SSSR count). The topological polar surface area (TPSA) is 83.3 Å². The summed E-state index contributed by atoms with van der Waals surface area (Å²) in [5.74, 6) is -0.152. The van der Waals surface area contributed by atoms with Gasteiger partial charge in [0.1, 0.15) is 0 Å². The smallest absolute Gasteiger partial charge is 0.272 e. The Morgan fingerprint density at radius 1 is 1.42 bits per heavy atom. The molecule has 2 aromatic heterocycles. The lowest BCUT2D eigenvalue weighted by atomic mass is 9.95. The summed E-state index contributed by atoms with van der Waals surface area (Å²) in [5, 5.41) is 20.0. The molecule has 0 radical (unpaired) electrons. The first-order valence-electron chi connectivity index (χ1n) is 9.25. The average molecular weight is 375 g/mol. The van der Waals surface area contributed by atoms with Crippen molar-refractivity contribution in [2.45, 2.75) is 50.8 Å². The highest BCUT2D eigenvalue weighted by atomic mass is 32.1. The van der Waals surface area contributed by atoms with Crippen LogP contribution in [-0.2, 0) is 26.4 Å². The predicted octanol–water partition coefficient (Wildman–Crippen LogP) is 1.12. The Morgan fingerprint density at radius 3 is 3.04 bits per heavy atom. The van der Waals surface area contributed by atoms with Crippen LogP contribution in [0.25, 0.3) is 0 Å². The molecule has 1 fully saturated rings. The van der Waals surface area contributed by atoms with Gasteiger partial charge in [-0.15, -0.1) is 11.3 Å². The number of hydrogen-bond donors (Lipinski definition) is 2. The Kier molecular flexibility index (Phi) is 5.06. The molecule has 2 atom stereocenters. The van der Waals surface area contributed by atoms with E-state index in [1.54, 1.807) is 11.3 Å². The van der Waals surface area contributed by atoms with Crippen LogP contribution in [0.5, 0.6) is 0 Å². The van der Waals surface area contributed by atoms with Crippen LogP contribution in [0.3, 0.4) is 0 Å². The lowest BCUT2D eigenvalue weighted by Gasteiger charge is -2.35. The van der Waals surface area contributed by atoms with Crippen LogP contribution in [0.2, 0.25) is 0 Å². The number of hydrogen-bond acceptors (Lipinski definition) is 6. The molecule has 1 aliphatic heterocycles. The van der Waals surface area contributed by atoms with Gasteiger partial charge in [0.05, 0.1) is 23.4 Å². The van der Waals surface area contributed by atoms with Crippen LogP contribution in [-0.4, -0.2) is 55.9 Å². The van der Waals surface area contributed by atoms with Crippen molar-refractivity contribution in [3.63, 3.8) is 0 Å². The van der Waals surface area contributed by atoms with E-state index >= 15 is 0 Å². The van der Waals surface area contributed by atoms with E-state index in [9.17, 15) is 9.90 Å². The molecule has 1 amide bonds. The van der Waals surface area contributed by atoms with E-state index in [0.29, 0.717) is 12.2 Å². The number of β-amino-alcohol motifs (C(OH)–C–C–N with tert-alkyl or cyclic N) is 1. The molecule has 2 N–H and O–H groups in total. The van der Waals surface area contributed by atoms with Crippen molar-refractivity contribution in [1.82, 2.24) is 25.0 Å². The van der Waals surface area contributed by atoms with E-state index in [1.807, 2.05) is 22.6 Å². The third-order valence-corrected chi connectivity index (χ3v) is 6.07.